The van der Waals surface area contributed by atoms with Crippen molar-refractivity contribution >= 4 is 17.3 Å². The molecule has 0 saturated heterocycles. The van der Waals surface area contributed by atoms with Crippen LogP contribution in [-0.4, -0.2) is 20.9 Å². The van der Waals surface area contributed by atoms with E-state index in [9.17, 15) is 0 Å². The first-order valence-electron chi connectivity index (χ1n) is 6.02. The lowest BCUT2D eigenvalue weighted by molar-refractivity contribution is 0.713. The smallest absolute Gasteiger partial charge is 0.102 e. The van der Waals surface area contributed by atoms with Crippen molar-refractivity contribution in [2.24, 2.45) is 7.05 Å². The third-order valence-electron chi connectivity index (χ3n) is 2.65. The molecule has 1 N–H and O–H groups in total. The molecule has 96 valence electrons. The first kappa shape index (κ1) is 12.9. The Morgan fingerprint density at radius 1 is 1.39 bits per heavy atom. The second kappa shape index (κ2) is 6.40. The van der Waals surface area contributed by atoms with Gasteiger partial charge in [-0.1, -0.05) is 17.3 Å². The average Bonchev–Trinajstić information content (AvgIpc) is 2.80. The molecule has 5 heteroatoms. The van der Waals surface area contributed by atoms with E-state index in [2.05, 4.69) is 39.9 Å². The Labute approximate surface area is 112 Å². The van der Waals surface area contributed by atoms with Gasteiger partial charge in [0, 0.05) is 24.8 Å². The minimum atomic E-state index is 0.687. The Hall–Kier alpha value is -1.55. The van der Waals surface area contributed by atoms with Crippen LogP contribution in [-0.2, 0) is 20.0 Å². The summed E-state index contributed by atoms with van der Waals surface area (Å²) in [7, 11) is 1.86. The van der Waals surface area contributed by atoms with Gasteiger partial charge in [-0.25, -0.2) is 0 Å². The number of nitrogens with zero attached hydrogens (tertiary/aromatic N) is 3. The third-order valence-corrected chi connectivity index (χ3v) is 2.92. The van der Waals surface area contributed by atoms with E-state index in [-0.39, 0.29) is 0 Å². The van der Waals surface area contributed by atoms with Gasteiger partial charge in [0.25, 0.3) is 0 Å². The number of aryl methyl sites for hydroxylation is 2. The highest BCUT2D eigenvalue weighted by Gasteiger charge is 1.99. The fourth-order valence-corrected chi connectivity index (χ4v) is 1.91. The number of aromatic nitrogens is 3. The number of anilines is 1. The van der Waals surface area contributed by atoms with Crippen LogP contribution in [0.1, 0.15) is 17.7 Å². The average molecular weight is 265 g/mol. The Balaban J connectivity index is 1.92. The maximum Gasteiger partial charge on any atom is 0.102 e. The maximum absolute atomic E-state index is 5.70. The van der Waals surface area contributed by atoms with Gasteiger partial charge in [0.15, 0.2) is 0 Å². The molecule has 1 aromatic carbocycles. The summed E-state index contributed by atoms with van der Waals surface area (Å²) in [6, 6.07) is 8.39. The summed E-state index contributed by atoms with van der Waals surface area (Å²) in [4.78, 5) is 0. The van der Waals surface area contributed by atoms with Crippen molar-refractivity contribution in [3.63, 3.8) is 0 Å². The van der Waals surface area contributed by atoms with Crippen LogP contribution >= 0.6 is 11.6 Å². The molecule has 0 aliphatic carbocycles. The second-order valence-electron chi connectivity index (χ2n) is 4.23. The van der Waals surface area contributed by atoms with E-state index in [1.54, 1.807) is 4.68 Å². The number of nitrogens with one attached hydrogen (secondary N) is 1. The molecule has 4 nitrogen and oxygen atoms in total. The fraction of sp³-hybridized carbons (Fsp3) is 0.385. The number of rotatable bonds is 6. The SMILES string of the molecule is Cn1cc(CNc2cccc(CCCCl)c2)nn1. The largest absolute Gasteiger partial charge is 0.379 e. The normalized spacial score (nSPS) is 10.6. The van der Waals surface area contributed by atoms with E-state index in [1.165, 1.54) is 5.56 Å². The van der Waals surface area contributed by atoms with Gasteiger partial charge >= 0.3 is 0 Å². The van der Waals surface area contributed by atoms with Gasteiger partial charge in [-0.2, -0.15) is 0 Å². The zero-order chi connectivity index (χ0) is 12.8. The number of alkyl halides is 1. The van der Waals surface area contributed by atoms with Crippen LogP contribution in [0.25, 0.3) is 0 Å². The van der Waals surface area contributed by atoms with Crippen molar-refractivity contribution < 1.29 is 0 Å². The summed E-state index contributed by atoms with van der Waals surface area (Å²) < 4.78 is 1.70. The summed E-state index contributed by atoms with van der Waals surface area (Å²) in [5.74, 6) is 0.706. The Morgan fingerprint density at radius 2 is 2.28 bits per heavy atom. The first-order valence-corrected chi connectivity index (χ1v) is 6.55. The Bertz CT molecular complexity index is 495. The number of benzene rings is 1. The molecule has 0 unspecified atom stereocenters. The first-order chi connectivity index (χ1) is 8.78. The molecular weight excluding hydrogens is 248 g/mol. The number of hydrogen-bond donors (Lipinski definition) is 1. The molecule has 0 amide bonds. The number of halogens is 1. The van der Waals surface area contributed by atoms with E-state index in [0.717, 1.165) is 24.2 Å². The maximum atomic E-state index is 5.70. The summed E-state index contributed by atoms with van der Waals surface area (Å²) in [6.07, 6.45) is 3.93. The van der Waals surface area contributed by atoms with Gasteiger partial charge in [0.2, 0.25) is 0 Å². The highest BCUT2D eigenvalue weighted by atomic mass is 35.5. The fourth-order valence-electron chi connectivity index (χ4n) is 1.78. The molecule has 2 rings (SSSR count). The van der Waals surface area contributed by atoms with Crippen LogP contribution in [0.5, 0.6) is 0 Å². The standard InChI is InChI=1S/C13H17ClN4/c1-18-10-13(16-17-18)9-15-12-6-2-4-11(8-12)5-3-7-14/h2,4,6,8,10,15H,3,5,7,9H2,1H3. The topological polar surface area (TPSA) is 42.7 Å². The lowest BCUT2D eigenvalue weighted by atomic mass is 10.1. The summed E-state index contributed by atoms with van der Waals surface area (Å²) in [5.41, 5.74) is 3.34. The quantitative estimate of drug-likeness (QED) is 0.816. The van der Waals surface area contributed by atoms with E-state index in [0.29, 0.717) is 12.4 Å². The van der Waals surface area contributed by atoms with Gasteiger partial charge in [-0.3, -0.25) is 4.68 Å². The van der Waals surface area contributed by atoms with E-state index < -0.39 is 0 Å². The number of hydrogen-bond acceptors (Lipinski definition) is 3. The highest BCUT2D eigenvalue weighted by molar-refractivity contribution is 6.17. The lowest BCUT2D eigenvalue weighted by Crippen LogP contribution is -2.00. The summed E-state index contributed by atoms with van der Waals surface area (Å²) >= 11 is 5.70. The summed E-state index contributed by atoms with van der Waals surface area (Å²) in [6.45, 7) is 0.687. The van der Waals surface area contributed by atoms with E-state index in [1.807, 2.05) is 13.2 Å². The van der Waals surface area contributed by atoms with Gasteiger partial charge in [-0.05, 0) is 30.5 Å². The van der Waals surface area contributed by atoms with Crippen LogP contribution in [0.4, 0.5) is 5.69 Å². The van der Waals surface area contributed by atoms with Gasteiger partial charge in [0.05, 0.1) is 6.54 Å². The van der Waals surface area contributed by atoms with E-state index >= 15 is 0 Å². The van der Waals surface area contributed by atoms with Crippen LogP contribution in [0.15, 0.2) is 30.5 Å². The predicted molar refractivity (Wildman–Crippen MR) is 73.8 cm³/mol. The molecule has 0 aliphatic heterocycles. The monoisotopic (exact) mass is 264 g/mol. The van der Waals surface area contributed by atoms with Gasteiger partial charge in [0.1, 0.15) is 5.69 Å². The van der Waals surface area contributed by atoms with Crippen LogP contribution < -0.4 is 5.32 Å². The van der Waals surface area contributed by atoms with E-state index in [4.69, 9.17) is 11.6 Å². The minimum absolute atomic E-state index is 0.687. The third kappa shape index (κ3) is 3.74. The highest BCUT2D eigenvalue weighted by Crippen LogP contribution is 2.13. The van der Waals surface area contributed by atoms with Gasteiger partial charge < -0.3 is 5.32 Å². The van der Waals surface area contributed by atoms with Crippen LogP contribution in [0, 0.1) is 0 Å². The van der Waals surface area contributed by atoms with Gasteiger partial charge in [-0.15, -0.1) is 16.7 Å². The van der Waals surface area contributed by atoms with Crippen LogP contribution in [0.2, 0.25) is 0 Å². The molecule has 0 saturated carbocycles. The van der Waals surface area contributed by atoms with Crippen molar-refractivity contribution in [2.45, 2.75) is 19.4 Å². The molecule has 2 aromatic rings. The molecule has 1 heterocycles. The van der Waals surface area contributed by atoms with Crippen molar-refractivity contribution in [3.05, 3.63) is 41.7 Å². The van der Waals surface area contributed by atoms with Crippen molar-refractivity contribution in [2.75, 3.05) is 11.2 Å². The molecule has 0 spiro atoms. The predicted octanol–water partition coefficient (Wildman–Crippen LogP) is 2.60. The zero-order valence-corrected chi connectivity index (χ0v) is 11.2. The molecule has 1 aromatic heterocycles. The molecule has 18 heavy (non-hydrogen) atoms. The Kier molecular flexibility index (Phi) is 4.59. The molecule has 0 aliphatic rings. The minimum Gasteiger partial charge on any atom is -0.379 e. The zero-order valence-electron chi connectivity index (χ0n) is 10.4. The molecule has 0 atom stereocenters. The van der Waals surface area contributed by atoms with Crippen LogP contribution in [0.3, 0.4) is 0 Å². The second-order valence-corrected chi connectivity index (χ2v) is 4.61. The van der Waals surface area contributed by atoms with Crippen molar-refractivity contribution in [1.82, 2.24) is 15.0 Å². The molecule has 0 bridgehead atoms. The van der Waals surface area contributed by atoms with Crippen molar-refractivity contribution in [1.29, 1.82) is 0 Å². The lowest BCUT2D eigenvalue weighted by Gasteiger charge is -2.06. The Morgan fingerprint density at radius 3 is 3.00 bits per heavy atom. The molecule has 0 radical (unpaired) electrons. The molecular formula is C13H17ClN4. The molecule has 0 fully saturated rings. The summed E-state index contributed by atoms with van der Waals surface area (Å²) in [5, 5.41) is 11.3. The van der Waals surface area contributed by atoms with Crippen molar-refractivity contribution in [3.8, 4) is 0 Å².